The number of ether oxygens (including phenoxy) is 2. The van der Waals surface area contributed by atoms with Crippen molar-refractivity contribution in [3.63, 3.8) is 0 Å². The minimum absolute atomic E-state index is 0.132. The van der Waals surface area contributed by atoms with Gasteiger partial charge in [0.15, 0.2) is 12.4 Å². The highest BCUT2D eigenvalue weighted by molar-refractivity contribution is 6.32. The van der Waals surface area contributed by atoms with Crippen LogP contribution in [0.15, 0.2) is 54.7 Å². The van der Waals surface area contributed by atoms with Crippen LogP contribution in [-0.4, -0.2) is 32.6 Å². The molecule has 0 spiro atoms. The van der Waals surface area contributed by atoms with Crippen molar-refractivity contribution >= 4 is 23.2 Å². The summed E-state index contributed by atoms with van der Waals surface area (Å²) in [7, 11) is 1.64. The van der Waals surface area contributed by atoms with E-state index in [4.69, 9.17) is 21.1 Å². The average Bonchev–Trinajstić information content (AvgIpc) is 3.40. The second-order valence-corrected chi connectivity index (χ2v) is 8.36. The second kappa shape index (κ2) is 10.0. The number of anilines is 1. The van der Waals surface area contributed by atoms with E-state index in [2.05, 4.69) is 15.5 Å². The van der Waals surface area contributed by atoms with Crippen LogP contribution >= 0.6 is 11.6 Å². The molecule has 34 heavy (non-hydrogen) atoms. The summed E-state index contributed by atoms with van der Waals surface area (Å²) in [5, 5.41) is 12.4. The molecule has 0 saturated carbocycles. The molecule has 0 bridgehead atoms. The Balaban J connectivity index is 1.43. The molecule has 0 aliphatic carbocycles. The Bertz CT molecular complexity index is 1330. The fourth-order valence-corrected chi connectivity index (χ4v) is 3.74. The zero-order valence-electron chi connectivity index (χ0n) is 19.5. The number of hydrogen-bond acceptors (Lipinski definition) is 5. The number of hydrogen-bond donors (Lipinski definition) is 1. The summed E-state index contributed by atoms with van der Waals surface area (Å²) in [6.45, 7) is 6.44. The molecule has 0 unspecified atom stereocenters. The number of halogens is 1. The number of methoxy groups -OCH3 is 1. The van der Waals surface area contributed by atoms with Gasteiger partial charge in [0, 0.05) is 6.20 Å². The van der Waals surface area contributed by atoms with Gasteiger partial charge in [0.2, 0.25) is 0 Å². The number of aromatic nitrogens is 4. The Hall–Kier alpha value is -3.78. The van der Waals surface area contributed by atoms with E-state index in [0.29, 0.717) is 23.0 Å². The molecule has 8 nitrogen and oxygen atoms in total. The van der Waals surface area contributed by atoms with Crippen molar-refractivity contribution in [1.29, 1.82) is 0 Å². The molecule has 0 aliphatic rings. The minimum atomic E-state index is -0.320. The molecule has 0 saturated heterocycles. The van der Waals surface area contributed by atoms with Gasteiger partial charge in [-0.2, -0.15) is 10.2 Å². The van der Waals surface area contributed by atoms with Crippen LogP contribution in [0.2, 0.25) is 5.02 Å². The van der Waals surface area contributed by atoms with E-state index in [-0.39, 0.29) is 18.3 Å². The normalized spacial score (nSPS) is 10.9. The molecule has 0 aliphatic heterocycles. The third-order valence-corrected chi connectivity index (χ3v) is 5.71. The Morgan fingerprint density at radius 3 is 2.71 bits per heavy atom. The SMILES string of the molecule is COc1cccc(Cn2nc(C)c(NC(=O)c3ccn(COc4cc(C)ccc4Cl)n3)c2C)c1. The maximum absolute atomic E-state index is 12.9. The topological polar surface area (TPSA) is 83.2 Å². The van der Waals surface area contributed by atoms with Crippen LogP contribution in [0.1, 0.15) is 33.0 Å². The quantitative estimate of drug-likeness (QED) is 0.384. The predicted octanol–water partition coefficient (Wildman–Crippen LogP) is 5.00. The van der Waals surface area contributed by atoms with Crippen molar-refractivity contribution in [1.82, 2.24) is 19.6 Å². The zero-order valence-corrected chi connectivity index (χ0v) is 20.3. The molecule has 2 aromatic heterocycles. The molecule has 0 atom stereocenters. The lowest BCUT2D eigenvalue weighted by Gasteiger charge is -2.09. The van der Waals surface area contributed by atoms with E-state index in [0.717, 1.165) is 28.3 Å². The van der Waals surface area contributed by atoms with Crippen molar-refractivity contribution in [2.45, 2.75) is 34.0 Å². The Kier molecular flexibility index (Phi) is 6.88. The van der Waals surface area contributed by atoms with Gasteiger partial charge in [-0.1, -0.05) is 29.8 Å². The smallest absolute Gasteiger partial charge is 0.276 e. The molecular weight excluding hydrogens is 454 g/mol. The van der Waals surface area contributed by atoms with Gasteiger partial charge in [-0.05, 0) is 62.2 Å². The Morgan fingerprint density at radius 1 is 1.09 bits per heavy atom. The van der Waals surface area contributed by atoms with Crippen molar-refractivity contribution in [2.24, 2.45) is 0 Å². The Labute approximate surface area is 203 Å². The van der Waals surface area contributed by atoms with E-state index < -0.39 is 0 Å². The van der Waals surface area contributed by atoms with Crippen LogP contribution in [-0.2, 0) is 13.3 Å². The third-order valence-electron chi connectivity index (χ3n) is 5.40. The summed E-state index contributed by atoms with van der Waals surface area (Å²) in [6.07, 6.45) is 1.69. The second-order valence-electron chi connectivity index (χ2n) is 7.96. The Morgan fingerprint density at radius 2 is 1.91 bits per heavy atom. The summed E-state index contributed by atoms with van der Waals surface area (Å²) < 4.78 is 14.4. The molecule has 9 heteroatoms. The number of carbonyl (C=O) groups excluding carboxylic acids is 1. The van der Waals surface area contributed by atoms with Crippen LogP contribution in [0.5, 0.6) is 11.5 Å². The van der Waals surface area contributed by atoms with Gasteiger partial charge in [0.1, 0.15) is 11.5 Å². The van der Waals surface area contributed by atoms with Crippen molar-refractivity contribution < 1.29 is 14.3 Å². The zero-order chi connectivity index (χ0) is 24.2. The van der Waals surface area contributed by atoms with E-state index >= 15 is 0 Å². The largest absolute Gasteiger partial charge is 0.497 e. The van der Waals surface area contributed by atoms with E-state index in [1.54, 1.807) is 30.1 Å². The highest BCUT2D eigenvalue weighted by atomic mass is 35.5. The molecule has 2 heterocycles. The first-order valence-electron chi connectivity index (χ1n) is 10.7. The number of amides is 1. The van der Waals surface area contributed by atoms with E-state index in [1.165, 1.54) is 0 Å². The molecule has 4 rings (SSSR count). The minimum Gasteiger partial charge on any atom is -0.497 e. The van der Waals surface area contributed by atoms with Crippen LogP contribution in [0.25, 0.3) is 0 Å². The summed E-state index contributed by atoms with van der Waals surface area (Å²) in [5.41, 5.74) is 4.62. The summed E-state index contributed by atoms with van der Waals surface area (Å²) in [4.78, 5) is 12.9. The van der Waals surface area contributed by atoms with Crippen LogP contribution < -0.4 is 14.8 Å². The number of aryl methyl sites for hydroxylation is 2. The van der Waals surface area contributed by atoms with Crippen molar-refractivity contribution in [2.75, 3.05) is 12.4 Å². The summed E-state index contributed by atoms with van der Waals surface area (Å²) >= 11 is 6.17. The monoisotopic (exact) mass is 479 g/mol. The van der Waals surface area contributed by atoms with E-state index in [1.807, 2.05) is 61.9 Å². The first-order chi connectivity index (χ1) is 16.3. The van der Waals surface area contributed by atoms with Gasteiger partial charge < -0.3 is 14.8 Å². The predicted molar refractivity (Wildman–Crippen MR) is 131 cm³/mol. The lowest BCUT2D eigenvalue weighted by atomic mass is 10.2. The number of rotatable bonds is 8. The van der Waals surface area contributed by atoms with Gasteiger partial charge in [-0.25, -0.2) is 4.68 Å². The number of carbonyl (C=O) groups is 1. The molecule has 4 aromatic rings. The lowest BCUT2D eigenvalue weighted by molar-refractivity contribution is 0.102. The average molecular weight is 480 g/mol. The van der Waals surface area contributed by atoms with Gasteiger partial charge in [-0.15, -0.1) is 0 Å². The first-order valence-corrected chi connectivity index (χ1v) is 11.1. The van der Waals surface area contributed by atoms with Crippen LogP contribution in [0.3, 0.4) is 0 Å². The number of nitrogens with one attached hydrogen (secondary N) is 1. The molecule has 1 amide bonds. The third kappa shape index (κ3) is 5.23. The lowest BCUT2D eigenvalue weighted by Crippen LogP contribution is -2.15. The van der Waals surface area contributed by atoms with Gasteiger partial charge in [-0.3, -0.25) is 9.48 Å². The molecule has 2 aromatic carbocycles. The molecule has 1 N–H and O–H groups in total. The fourth-order valence-electron chi connectivity index (χ4n) is 3.56. The van der Waals surface area contributed by atoms with Gasteiger partial charge >= 0.3 is 0 Å². The highest BCUT2D eigenvalue weighted by Crippen LogP contribution is 2.26. The number of nitrogens with zero attached hydrogens (tertiary/aromatic N) is 4. The van der Waals surface area contributed by atoms with Crippen molar-refractivity contribution in [3.05, 3.63) is 88.0 Å². The molecular formula is C25H26ClN5O3. The molecule has 0 fully saturated rings. The number of benzene rings is 2. The first kappa shape index (κ1) is 23.4. The maximum atomic E-state index is 12.9. The summed E-state index contributed by atoms with van der Waals surface area (Å²) in [6, 6.07) is 15.0. The maximum Gasteiger partial charge on any atom is 0.276 e. The molecule has 176 valence electrons. The fraction of sp³-hybridized carbons (Fsp3) is 0.240. The summed E-state index contributed by atoms with van der Waals surface area (Å²) in [5.74, 6) is 1.04. The van der Waals surface area contributed by atoms with Crippen molar-refractivity contribution in [3.8, 4) is 11.5 Å². The molecule has 0 radical (unpaired) electrons. The van der Waals surface area contributed by atoms with Crippen LogP contribution in [0.4, 0.5) is 5.69 Å². The van der Waals surface area contributed by atoms with E-state index in [9.17, 15) is 4.79 Å². The van der Waals surface area contributed by atoms with Gasteiger partial charge in [0.05, 0.1) is 35.8 Å². The standard InChI is InChI=1S/C25H26ClN5O3/c1-16-8-9-21(26)23(12-16)34-15-30-11-10-22(29-30)25(32)27-24-17(2)28-31(18(24)3)14-19-6-5-7-20(13-19)33-4/h5-13H,14-15H2,1-4H3,(H,27,32). The van der Waals surface area contributed by atoms with Crippen LogP contribution in [0, 0.1) is 20.8 Å². The highest BCUT2D eigenvalue weighted by Gasteiger charge is 2.17. The van der Waals surface area contributed by atoms with Gasteiger partial charge in [0.25, 0.3) is 5.91 Å².